The molecule has 0 aromatic rings. The van der Waals surface area contributed by atoms with Gasteiger partial charge in [0.1, 0.15) is 17.5 Å². The number of rotatable bonds is 5. The maximum absolute atomic E-state index is 12.3. The fourth-order valence-corrected chi connectivity index (χ4v) is 4.56. The van der Waals surface area contributed by atoms with Crippen LogP contribution in [0.2, 0.25) is 0 Å². The van der Waals surface area contributed by atoms with Gasteiger partial charge < -0.3 is 20.1 Å². The van der Waals surface area contributed by atoms with Gasteiger partial charge in [-0.1, -0.05) is 18.6 Å². The van der Waals surface area contributed by atoms with Crippen molar-refractivity contribution < 1.29 is 24.9 Å². The van der Waals surface area contributed by atoms with Crippen LogP contribution in [0.5, 0.6) is 0 Å². The number of ether oxygens (including phenoxy) is 1. The Hall–Kier alpha value is -1.17. The van der Waals surface area contributed by atoms with Crippen LogP contribution in [0.25, 0.3) is 0 Å². The van der Waals surface area contributed by atoms with Crippen LogP contribution in [0, 0.1) is 11.8 Å². The molecular formula is C21H32O5. The lowest BCUT2D eigenvalue weighted by atomic mass is 9.73. The number of carbonyl (C=O) groups excluding carboxylic acids is 1. The van der Waals surface area contributed by atoms with E-state index in [4.69, 9.17) is 4.74 Å². The van der Waals surface area contributed by atoms with Crippen LogP contribution >= 0.6 is 0 Å². The normalized spacial score (nSPS) is 34.0. The van der Waals surface area contributed by atoms with Gasteiger partial charge >= 0.3 is 0 Å². The summed E-state index contributed by atoms with van der Waals surface area (Å²) >= 11 is 0. The maximum Gasteiger partial charge on any atom is 0.162 e. The molecule has 5 atom stereocenters. The van der Waals surface area contributed by atoms with Crippen LogP contribution in [0.15, 0.2) is 23.0 Å². The summed E-state index contributed by atoms with van der Waals surface area (Å²) in [6.07, 6.45) is 4.32. The highest BCUT2D eigenvalue weighted by Crippen LogP contribution is 2.51. The van der Waals surface area contributed by atoms with Gasteiger partial charge in [-0.05, 0) is 52.4 Å². The van der Waals surface area contributed by atoms with E-state index in [0.717, 1.165) is 12.8 Å². The van der Waals surface area contributed by atoms with Crippen molar-refractivity contribution in [1.82, 2.24) is 0 Å². The van der Waals surface area contributed by atoms with E-state index in [1.165, 1.54) is 5.57 Å². The Morgan fingerprint density at radius 1 is 1.38 bits per heavy atom. The highest BCUT2D eigenvalue weighted by Gasteiger charge is 2.50. The molecule has 1 heterocycles. The molecule has 5 nitrogen and oxygen atoms in total. The molecule has 0 saturated heterocycles. The van der Waals surface area contributed by atoms with Crippen molar-refractivity contribution in [2.75, 3.05) is 0 Å². The van der Waals surface area contributed by atoms with Crippen molar-refractivity contribution in [1.29, 1.82) is 0 Å². The van der Waals surface area contributed by atoms with Crippen LogP contribution in [0.4, 0.5) is 0 Å². The van der Waals surface area contributed by atoms with Gasteiger partial charge in [-0.3, -0.25) is 4.79 Å². The quantitative estimate of drug-likeness (QED) is 0.653. The molecule has 3 aliphatic rings. The molecule has 0 aromatic heterocycles. The molecule has 5 unspecified atom stereocenters. The van der Waals surface area contributed by atoms with Gasteiger partial charge in [-0.15, -0.1) is 0 Å². The fraction of sp³-hybridized carbons (Fsp3) is 0.762. The van der Waals surface area contributed by atoms with Gasteiger partial charge in [-0.2, -0.15) is 0 Å². The number of fused-ring (bicyclic) bond motifs is 1. The number of Topliss-reactive ketones (excluding diaryl/α,β-unsaturated/α-hetero) is 1. The molecule has 3 N–H and O–H groups in total. The van der Waals surface area contributed by atoms with Crippen LogP contribution < -0.4 is 0 Å². The largest absolute Gasteiger partial charge is 0.488 e. The van der Waals surface area contributed by atoms with Crippen LogP contribution in [0.1, 0.15) is 66.2 Å². The summed E-state index contributed by atoms with van der Waals surface area (Å²) in [4.78, 5) is 12.3. The molecular weight excluding hydrogens is 332 g/mol. The van der Waals surface area contributed by atoms with Gasteiger partial charge in [-0.25, -0.2) is 0 Å². The Morgan fingerprint density at radius 2 is 2.08 bits per heavy atom. The van der Waals surface area contributed by atoms with E-state index in [0.29, 0.717) is 37.0 Å². The van der Waals surface area contributed by atoms with E-state index in [1.807, 2.05) is 0 Å². The Morgan fingerprint density at radius 3 is 2.73 bits per heavy atom. The topological polar surface area (TPSA) is 87.0 Å². The smallest absolute Gasteiger partial charge is 0.162 e. The van der Waals surface area contributed by atoms with Gasteiger partial charge in [0, 0.05) is 24.3 Å². The molecule has 0 aromatic carbocycles. The van der Waals surface area contributed by atoms with Crippen molar-refractivity contribution in [3.8, 4) is 0 Å². The predicted octanol–water partition coefficient (Wildman–Crippen LogP) is 2.64. The molecule has 26 heavy (non-hydrogen) atoms. The molecule has 3 rings (SSSR count). The monoisotopic (exact) mass is 364 g/mol. The summed E-state index contributed by atoms with van der Waals surface area (Å²) in [6, 6.07) is 0. The second kappa shape index (κ2) is 6.77. The molecule has 2 aliphatic carbocycles. The maximum atomic E-state index is 12.3. The molecule has 0 bridgehead atoms. The zero-order chi connectivity index (χ0) is 19.3. The second-order valence-electron chi connectivity index (χ2n) is 9.05. The number of aliphatic hydroxyl groups excluding tert-OH is 2. The number of hydrogen-bond donors (Lipinski definition) is 3. The SMILES string of the molecule is CC(CCC(O)C(C)(C)O)C1=CCC2(C)OC3=C(CC12)C(=O)CCC3O. The van der Waals surface area contributed by atoms with Gasteiger partial charge in [0.2, 0.25) is 0 Å². The number of allylic oxidation sites excluding steroid dienone is 1. The van der Waals surface area contributed by atoms with Crippen molar-refractivity contribution in [2.24, 2.45) is 11.8 Å². The third kappa shape index (κ3) is 3.49. The van der Waals surface area contributed by atoms with E-state index >= 15 is 0 Å². The zero-order valence-corrected chi connectivity index (χ0v) is 16.3. The van der Waals surface area contributed by atoms with Crippen molar-refractivity contribution in [3.63, 3.8) is 0 Å². The van der Waals surface area contributed by atoms with Gasteiger partial charge in [0.25, 0.3) is 0 Å². The average Bonchev–Trinajstić information content (AvgIpc) is 2.90. The van der Waals surface area contributed by atoms with Crippen molar-refractivity contribution in [3.05, 3.63) is 23.0 Å². The highest BCUT2D eigenvalue weighted by molar-refractivity contribution is 5.97. The minimum absolute atomic E-state index is 0.101. The van der Waals surface area contributed by atoms with Crippen molar-refractivity contribution in [2.45, 2.75) is 89.6 Å². The van der Waals surface area contributed by atoms with E-state index in [9.17, 15) is 20.1 Å². The lowest BCUT2D eigenvalue weighted by Gasteiger charge is -2.43. The van der Waals surface area contributed by atoms with Crippen LogP contribution in [0.3, 0.4) is 0 Å². The summed E-state index contributed by atoms with van der Waals surface area (Å²) < 4.78 is 6.21. The Balaban J connectivity index is 1.73. The van der Waals surface area contributed by atoms with E-state index < -0.39 is 23.4 Å². The first kappa shape index (κ1) is 19.6. The van der Waals surface area contributed by atoms with E-state index in [2.05, 4.69) is 19.9 Å². The number of hydrogen-bond acceptors (Lipinski definition) is 5. The van der Waals surface area contributed by atoms with Crippen LogP contribution in [-0.2, 0) is 9.53 Å². The average molecular weight is 364 g/mol. The first-order valence-corrected chi connectivity index (χ1v) is 9.76. The fourth-order valence-electron chi connectivity index (χ4n) is 4.56. The molecule has 0 spiro atoms. The summed E-state index contributed by atoms with van der Waals surface area (Å²) in [6.45, 7) is 7.44. The zero-order valence-electron chi connectivity index (χ0n) is 16.3. The molecule has 0 saturated carbocycles. The Labute approximate surface area is 155 Å². The Bertz CT molecular complexity index is 641. The second-order valence-corrected chi connectivity index (χ2v) is 9.05. The molecule has 5 heteroatoms. The standard InChI is InChI=1S/C21H32O5/c1-12(5-8-18(24)20(2,3)25)13-9-10-21(4)15(13)11-14-16(22)6-7-17(23)19(14)26-21/h9,12,15,17-18,23-25H,5-8,10-11H2,1-4H3. The van der Waals surface area contributed by atoms with Crippen LogP contribution in [-0.4, -0.2) is 44.5 Å². The van der Waals surface area contributed by atoms with E-state index in [-0.39, 0.29) is 17.6 Å². The molecule has 0 fully saturated rings. The highest BCUT2D eigenvalue weighted by atomic mass is 16.5. The van der Waals surface area contributed by atoms with E-state index in [1.54, 1.807) is 13.8 Å². The summed E-state index contributed by atoms with van der Waals surface area (Å²) in [5.74, 6) is 0.974. The molecule has 146 valence electrons. The first-order chi connectivity index (χ1) is 12.0. The third-order valence-electron chi connectivity index (χ3n) is 6.47. The third-order valence-corrected chi connectivity index (χ3v) is 6.47. The summed E-state index contributed by atoms with van der Waals surface area (Å²) in [5, 5.41) is 30.3. The molecule has 0 amide bonds. The van der Waals surface area contributed by atoms with Gasteiger partial charge in [0.05, 0.1) is 11.7 Å². The van der Waals surface area contributed by atoms with Gasteiger partial charge in [0.15, 0.2) is 5.78 Å². The molecule has 1 aliphatic heterocycles. The number of aliphatic hydroxyl groups is 3. The lowest BCUT2D eigenvalue weighted by Crippen LogP contribution is -2.44. The number of carbonyl (C=O) groups is 1. The predicted molar refractivity (Wildman–Crippen MR) is 98.3 cm³/mol. The first-order valence-electron chi connectivity index (χ1n) is 9.76. The van der Waals surface area contributed by atoms with Crippen molar-refractivity contribution >= 4 is 5.78 Å². The minimum atomic E-state index is -1.10. The molecule has 0 radical (unpaired) electrons. The summed E-state index contributed by atoms with van der Waals surface area (Å²) in [5.41, 5.74) is 0.435. The lowest BCUT2D eigenvalue weighted by molar-refractivity contribution is -0.121. The number of ketones is 1. The summed E-state index contributed by atoms with van der Waals surface area (Å²) in [7, 11) is 0. The Kier molecular flexibility index (Phi) is 5.10. The minimum Gasteiger partial charge on any atom is -0.488 e.